The largest absolute Gasteiger partial charge is 0.466 e. The summed E-state index contributed by atoms with van der Waals surface area (Å²) < 4.78 is 4.97. The summed E-state index contributed by atoms with van der Waals surface area (Å²) in [6, 6.07) is 3.30. The Balaban J connectivity index is 2.20. The molecule has 0 unspecified atom stereocenters. The average Bonchev–Trinajstić information content (AvgIpc) is 2.73. The predicted octanol–water partition coefficient (Wildman–Crippen LogP) is 0.822. The molecular weight excluding hydrogens is 220 g/mol. The molecule has 1 aliphatic rings. The van der Waals surface area contributed by atoms with Crippen LogP contribution in [0.3, 0.4) is 0 Å². The van der Waals surface area contributed by atoms with E-state index in [1.807, 2.05) is 6.07 Å². The van der Waals surface area contributed by atoms with Crippen LogP contribution in [0.1, 0.15) is 24.9 Å². The first-order valence-electron chi connectivity index (χ1n) is 5.58. The van der Waals surface area contributed by atoms with E-state index >= 15 is 0 Å². The molecule has 90 valence electrons. The minimum Gasteiger partial charge on any atom is -0.466 e. The Labute approximate surface area is 99.2 Å². The van der Waals surface area contributed by atoms with Crippen LogP contribution in [-0.2, 0) is 14.3 Å². The number of carbonyl (C=O) groups excluding carboxylic acids is 2. The summed E-state index contributed by atoms with van der Waals surface area (Å²) in [5.74, 6) is -0.914. The van der Waals surface area contributed by atoms with Crippen molar-refractivity contribution in [2.75, 3.05) is 6.61 Å². The lowest BCUT2D eigenvalue weighted by Crippen LogP contribution is -2.26. The summed E-state index contributed by atoms with van der Waals surface area (Å²) in [6.07, 6.45) is 3.49. The van der Waals surface area contributed by atoms with Crippen molar-refractivity contribution in [3.05, 3.63) is 30.1 Å². The number of pyridine rings is 1. The Morgan fingerprint density at radius 1 is 1.65 bits per heavy atom. The fraction of sp³-hybridized carbons (Fsp3) is 0.417. The van der Waals surface area contributed by atoms with Crippen molar-refractivity contribution >= 4 is 11.9 Å². The zero-order valence-electron chi connectivity index (χ0n) is 9.55. The van der Waals surface area contributed by atoms with E-state index in [-0.39, 0.29) is 24.3 Å². The highest BCUT2D eigenvalue weighted by Gasteiger charge is 2.39. The van der Waals surface area contributed by atoms with E-state index in [0.29, 0.717) is 6.61 Å². The third-order valence-corrected chi connectivity index (χ3v) is 2.76. The molecule has 1 aromatic rings. The number of ether oxygens (including phenoxy) is 1. The average molecular weight is 234 g/mol. The first kappa shape index (κ1) is 11.6. The van der Waals surface area contributed by atoms with E-state index in [9.17, 15) is 9.59 Å². The molecule has 0 spiro atoms. The van der Waals surface area contributed by atoms with Gasteiger partial charge in [-0.25, -0.2) is 0 Å². The first-order chi connectivity index (χ1) is 8.22. The molecule has 0 radical (unpaired) electrons. The maximum atomic E-state index is 11.7. The molecule has 0 aliphatic carbocycles. The van der Waals surface area contributed by atoms with Gasteiger partial charge < -0.3 is 10.1 Å². The zero-order chi connectivity index (χ0) is 12.3. The molecular formula is C12H14N2O3. The standard InChI is InChI=1S/C12H14N2O3/c1-2-17-12(16)9-6-10(15)14-11(9)8-4-3-5-13-7-8/h3-5,7,9,11H,2,6H2,1H3,(H,14,15)/t9-,11+/m0/s1. The van der Waals surface area contributed by atoms with Crippen molar-refractivity contribution in [1.82, 2.24) is 10.3 Å². The van der Waals surface area contributed by atoms with Gasteiger partial charge in [-0.2, -0.15) is 0 Å². The van der Waals surface area contributed by atoms with Crippen LogP contribution in [0.15, 0.2) is 24.5 Å². The summed E-state index contributed by atoms with van der Waals surface area (Å²) in [7, 11) is 0. The van der Waals surface area contributed by atoms with Crippen LogP contribution in [0, 0.1) is 5.92 Å². The van der Waals surface area contributed by atoms with E-state index in [1.165, 1.54) is 0 Å². The maximum Gasteiger partial charge on any atom is 0.311 e. The Hall–Kier alpha value is -1.91. The monoisotopic (exact) mass is 234 g/mol. The van der Waals surface area contributed by atoms with Crippen LogP contribution >= 0.6 is 0 Å². The van der Waals surface area contributed by atoms with Crippen LogP contribution in [0.5, 0.6) is 0 Å². The second kappa shape index (κ2) is 4.95. The molecule has 1 aromatic heterocycles. The number of nitrogens with zero attached hydrogens (tertiary/aromatic N) is 1. The van der Waals surface area contributed by atoms with E-state index in [1.54, 1.807) is 25.4 Å². The normalized spacial score (nSPS) is 23.2. The van der Waals surface area contributed by atoms with Gasteiger partial charge >= 0.3 is 5.97 Å². The Kier molecular flexibility index (Phi) is 3.37. The van der Waals surface area contributed by atoms with Crippen molar-refractivity contribution < 1.29 is 14.3 Å². The minimum absolute atomic E-state index is 0.128. The van der Waals surface area contributed by atoms with Gasteiger partial charge in [-0.3, -0.25) is 14.6 Å². The molecule has 5 nitrogen and oxygen atoms in total. The third-order valence-electron chi connectivity index (χ3n) is 2.76. The molecule has 1 fully saturated rings. The zero-order valence-corrected chi connectivity index (χ0v) is 9.55. The van der Waals surface area contributed by atoms with E-state index in [4.69, 9.17) is 4.74 Å². The number of esters is 1. The molecule has 1 amide bonds. The molecule has 1 N–H and O–H groups in total. The van der Waals surface area contributed by atoms with Gasteiger partial charge in [0.05, 0.1) is 18.6 Å². The second-order valence-electron chi connectivity index (χ2n) is 3.89. The highest BCUT2D eigenvalue weighted by atomic mass is 16.5. The molecule has 1 aliphatic heterocycles. The summed E-state index contributed by atoms with van der Waals surface area (Å²) in [4.78, 5) is 27.1. The fourth-order valence-corrected chi connectivity index (χ4v) is 1.99. The van der Waals surface area contributed by atoms with Gasteiger partial charge in [-0.1, -0.05) is 6.07 Å². The quantitative estimate of drug-likeness (QED) is 0.786. The highest BCUT2D eigenvalue weighted by molar-refractivity contribution is 5.87. The lowest BCUT2D eigenvalue weighted by Gasteiger charge is -2.17. The third kappa shape index (κ3) is 2.43. The van der Waals surface area contributed by atoms with Crippen LogP contribution in [0.25, 0.3) is 0 Å². The molecule has 5 heteroatoms. The highest BCUT2D eigenvalue weighted by Crippen LogP contribution is 2.30. The molecule has 2 heterocycles. The fourth-order valence-electron chi connectivity index (χ4n) is 1.99. The lowest BCUT2D eigenvalue weighted by atomic mass is 9.95. The van der Waals surface area contributed by atoms with Crippen LogP contribution < -0.4 is 5.32 Å². The molecule has 2 rings (SSSR count). The van der Waals surface area contributed by atoms with Gasteiger partial charge in [-0.15, -0.1) is 0 Å². The number of hydrogen-bond donors (Lipinski definition) is 1. The van der Waals surface area contributed by atoms with Gasteiger partial charge in [-0.05, 0) is 18.6 Å². The molecule has 2 atom stereocenters. The van der Waals surface area contributed by atoms with Crippen LogP contribution in [0.2, 0.25) is 0 Å². The molecule has 0 saturated carbocycles. The van der Waals surface area contributed by atoms with Crippen LogP contribution in [0.4, 0.5) is 0 Å². The number of rotatable bonds is 3. The maximum absolute atomic E-state index is 11.7. The van der Waals surface area contributed by atoms with Crippen molar-refractivity contribution in [3.63, 3.8) is 0 Å². The van der Waals surface area contributed by atoms with Crippen molar-refractivity contribution in [1.29, 1.82) is 0 Å². The van der Waals surface area contributed by atoms with E-state index in [0.717, 1.165) is 5.56 Å². The summed E-state index contributed by atoms with van der Waals surface area (Å²) in [5, 5.41) is 2.78. The van der Waals surface area contributed by atoms with Crippen LogP contribution in [-0.4, -0.2) is 23.5 Å². The molecule has 17 heavy (non-hydrogen) atoms. The minimum atomic E-state index is -0.452. The first-order valence-corrected chi connectivity index (χ1v) is 5.58. The summed E-state index contributed by atoms with van der Waals surface area (Å²) >= 11 is 0. The van der Waals surface area contributed by atoms with Gasteiger partial charge in [0.1, 0.15) is 0 Å². The van der Waals surface area contributed by atoms with Gasteiger partial charge in [0, 0.05) is 18.8 Å². The van der Waals surface area contributed by atoms with Gasteiger partial charge in [0.15, 0.2) is 0 Å². The van der Waals surface area contributed by atoms with Crippen molar-refractivity contribution in [2.24, 2.45) is 5.92 Å². The molecule has 1 saturated heterocycles. The smallest absolute Gasteiger partial charge is 0.311 e. The predicted molar refractivity (Wildman–Crippen MR) is 59.9 cm³/mol. The van der Waals surface area contributed by atoms with Gasteiger partial charge in [0.2, 0.25) is 5.91 Å². The summed E-state index contributed by atoms with van der Waals surface area (Å²) in [5.41, 5.74) is 0.830. The Morgan fingerprint density at radius 3 is 3.12 bits per heavy atom. The van der Waals surface area contributed by atoms with E-state index < -0.39 is 5.92 Å². The Bertz CT molecular complexity index is 419. The molecule has 0 bridgehead atoms. The van der Waals surface area contributed by atoms with Crippen molar-refractivity contribution in [3.8, 4) is 0 Å². The van der Waals surface area contributed by atoms with Crippen molar-refractivity contribution in [2.45, 2.75) is 19.4 Å². The number of nitrogens with one attached hydrogen (secondary N) is 1. The topological polar surface area (TPSA) is 68.3 Å². The lowest BCUT2D eigenvalue weighted by molar-refractivity contribution is -0.148. The number of hydrogen-bond acceptors (Lipinski definition) is 4. The Morgan fingerprint density at radius 2 is 2.47 bits per heavy atom. The number of aromatic nitrogens is 1. The summed E-state index contributed by atoms with van der Waals surface area (Å²) in [6.45, 7) is 2.07. The molecule has 0 aromatic carbocycles. The van der Waals surface area contributed by atoms with Gasteiger partial charge in [0.25, 0.3) is 0 Å². The van der Waals surface area contributed by atoms with E-state index in [2.05, 4.69) is 10.3 Å². The number of amides is 1. The second-order valence-corrected chi connectivity index (χ2v) is 3.89. The SMILES string of the molecule is CCOC(=O)[C@H]1CC(=O)N[C@@H]1c1cccnc1. The number of carbonyl (C=O) groups is 2.